The summed E-state index contributed by atoms with van der Waals surface area (Å²) in [5.41, 5.74) is 3.67. The number of hydrogen-bond donors (Lipinski definition) is 2. The highest BCUT2D eigenvalue weighted by Gasteiger charge is 2.58. The summed E-state index contributed by atoms with van der Waals surface area (Å²) >= 11 is 0. The highest BCUT2D eigenvalue weighted by atomic mass is 32.2. The van der Waals surface area contributed by atoms with Gasteiger partial charge in [-0.3, -0.25) is 5.32 Å². The molecule has 0 bridgehead atoms. The van der Waals surface area contributed by atoms with Crippen LogP contribution in [0.1, 0.15) is 26.3 Å². The fourth-order valence-electron chi connectivity index (χ4n) is 3.25. The number of halogens is 1. The van der Waals surface area contributed by atoms with Gasteiger partial charge in [-0.25, -0.2) is 26.9 Å². The molecule has 3 N–H and O–H groups in total. The Bertz CT molecular complexity index is 943. The Labute approximate surface area is 162 Å². The van der Waals surface area contributed by atoms with Gasteiger partial charge >= 0.3 is 6.09 Å². The molecule has 2 aliphatic heterocycles. The normalized spacial score (nSPS) is 26.4. The molecule has 1 saturated heterocycles. The van der Waals surface area contributed by atoms with Crippen molar-refractivity contribution in [3.63, 3.8) is 0 Å². The Morgan fingerprint density at radius 3 is 2.79 bits per heavy atom. The summed E-state index contributed by atoms with van der Waals surface area (Å²) in [6.45, 7) is 4.66. The van der Waals surface area contributed by atoms with Crippen molar-refractivity contribution in [2.24, 2.45) is 4.99 Å². The number of benzene rings is 1. The Hall–Kier alpha value is -2.40. The third-order valence-electron chi connectivity index (χ3n) is 4.54. The number of nitrogens with two attached hydrogens (primary N) is 1. The summed E-state index contributed by atoms with van der Waals surface area (Å²) < 4.78 is 52.2. The van der Waals surface area contributed by atoms with Crippen LogP contribution in [-0.4, -0.2) is 55.9 Å². The second kappa shape index (κ2) is 6.59. The minimum Gasteiger partial charge on any atom is -0.444 e. The van der Waals surface area contributed by atoms with Gasteiger partial charge in [0.25, 0.3) is 0 Å². The van der Waals surface area contributed by atoms with E-state index in [9.17, 15) is 17.6 Å². The van der Waals surface area contributed by atoms with Crippen LogP contribution in [0, 0.1) is 5.82 Å². The zero-order valence-corrected chi connectivity index (χ0v) is 16.8. The number of hydrogen-bond acceptors (Lipinski definition) is 7. The summed E-state index contributed by atoms with van der Waals surface area (Å²) in [7, 11) is -2.76. The van der Waals surface area contributed by atoms with Gasteiger partial charge < -0.3 is 15.2 Å². The van der Waals surface area contributed by atoms with Crippen LogP contribution in [0.2, 0.25) is 0 Å². The van der Waals surface area contributed by atoms with Gasteiger partial charge in [-0.05, 0) is 39.0 Å². The molecule has 9 nitrogen and oxygen atoms in total. The second-order valence-corrected chi connectivity index (χ2v) is 9.89. The van der Waals surface area contributed by atoms with Crippen molar-refractivity contribution in [2.75, 3.05) is 26.0 Å². The molecule has 3 rings (SSSR count). The number of sulfonamides is 1. The van der Waals surface area contributed by atoms with Gasteiger partial charge in [0.2, 0.25) is 16.0 Å². The number of fused-ring (bicyclic) bond motifs is 1. The van der Waals surface area contributed by atoms with Crippen LogP contribution in [0.3, 0.4) is 0 Å². The predicted molar refractivity (Wildman–Crippen MR) is 101 cm³/mol. The lowest BCUT2D eigenvalue weighted by Crippen LogP contribution is -2.59. The average Bonchev–Trinajstić information content (AvgIpc) is 2.99. The summed E-state index contributed by atoms with van der Waals surface area (Å²) in [6, 6.07) is 3.86. The Kier molecular flexibility index (Phi) is 4.79. The third kappa shape index (κ3) is 3.39. The topological polar surface area (TPSA) is 123 Å². The van der Waals surface area contributed by atoms with Gasteiger partial charge in [0.05, 0.1) is 13.2 Å². The molecule has 2 atom stereocenters. The number of alkyl carbamates (subject to hydrolysis) is 1. The third-order valence-corrected chi connectivity index (χ3v) is 6.72. The van der Waals surface area contributed by atoms with Crippen LogP contribution >= 0.6 is 0 Å². The molecule has 0 saturated carbocycles. The lowest BCUT2D eigenvalue weighted by Gasteiger charge is -2.39. The first-order valence-electron chi connectivity index (χ1n) is 8.58. The van der Waals surface area contributed by atoms with E-state index in [0.717, 1.165) is 10.4 Å². The first-order chi connectivity index (χ1) is 12.9. The van der Waals surface area contributed by atoms with E-state index in [1.165, 1.54) is 19.2 Å². The van der Waals surface area contributed by atoms with E-state index in [0.29, 0.717) is 0 Å². The Morgan fingerprint density at radius 1 is 1.46 bits per heavy atom. The number of nitrogens with zero attached hydrogens (tertiary/aromatic N) is 2. The van der Waals surface area contributed by atoms with Crippen molar-refractivity contribution in [3.8, 4) is 0 Å². The molecule has 0 aromatic heterocycles. The van der Waals surface area contributed by atoms with Crippen molar-refractivity contribution in [1.29, 1.82) is 0 Å². The van der Waals surface area contributed by atoms with Gasteiger partial charge in [0, 0.05) is 18.3 Å². The maximum Gasteiger partial charge on any atom is 0.414 e. The van der Waals surface area contributed by atoms with E-state index in [1.54, 1.807) is 20.8 Å². The van der Waals surface area contributed by atoms with Crippen LogP contribution in [-0.2, 0) is 25.0 Å². The fraction of sp³-hybridized carbons (Fsp3) is 0.529. The number of carbonyl (C=O) groups is 1. The fourth-order valence-corrected chi connectivity index (χ4v) is 4.97. The lowest BCUT2D eigenvalue weighted by atomic mass is 9.88. The smallest absolute Gasteiger partial charge is 0.414 e. The highest BCUT2D eigenvalue weighted by molar-refractivity contribution is 7.90. The number of ether oxygens (including phenoxy) is 2. The molecule has 1 aromatic carbocycles. The molecule has 28 heavy (non-hydrogen) atoms. The average molecular weight is 414 g/mol. The maximum atomic E-state index is 14.6. The van der Waals surface area contributed by atoms with E-state index in [-0.39, 0.29) is 30.4 Å². The Balaban J connectivity index is 2.13. The van der Waals surface area contributed by atoms with Crippen LogP contribution in [0.15, 0.2) is 23.2 Å². The molecule has 154 valence electrons. The molecule has 0 aliphatic carbocycles. The number of aliphatic imine (C=N–C) groups is 1. The van der Waals surface area contributed by atoms with Crippen LogP contribution in [0.25, 0.3) is 0 Å². The Morgan fingerprint density at radius 2 is 2.14 bits per heavy atom. The van der Waals surface area contributed by atoms with Crippen molar-refractivity contribution in [1.82, 2.24) is 9.62 Å². The van der Waals surface area contributed by atoms with Crippen molar-refractivity contribution >= 4 is 27.8 Å². The molecule has 0 spiro atoms. The SMILES string of the molecule is CN1C(NC(=O)OC(C)(C)C)=N[C@]2(c3cc(N)ccc3F)COC[C@@H]2S1(=O)=O. The van der Waals surface area contributed by atoms with E-state index < -0.39 is 38.3 Å². The van der Waals surface area contributed by atoms with Crippen molar-refractivity contribution in [2.45, 2.75) is 37.2 Å². The molecule has 2 aliphatic rings. The zero-order valence-electron chi connectivity index (χ0n) is 16.0. The standard InChI is InChI=1S/C17H23FN4O5S/c1-16(2,3)27-15(23)20-14-21-17(11-7-10(19)5-6-12(11)18)9-26-8-13(17)28(24,25)22(14)4/h5-7,13H,8-9,19H2,1-4H3,(H,20,21,23)/t13-,17-/m0/s1. The maximum absolute atomic E-state index is 14.6. The van der Waals surface area contributed by atoms with E-state index in [4.69, 9.17) is 15.2 Å². The number of rotatable bonds is 1. The number of nitrogen functional groups attached to an aromatic ring is 1. The minimum atomic E-state index is -4.01. The zero-order chi connectivity index (χ0) is 20.9. The summed E-state index contributed by atoms with van der Waals surface area (Å²) in [5, 5.41) is 1.19. The van der Waals surface area contributed by atoms with E-state index in [2.05, 4.69) is 10.3 Å². The summed E-state index contributed by atoms with van der Waals surface area (Å²) in [5.74, 6) is -0.942. The summed E-state index contributed by atoms with van der Waals surface area (Å²) in [4.78, 5) is 16.6. The monoisotopic (exact) mass is 414 g/mol. The first kappa shape index (κ1) is 20.3. The van der Waals surface area contributed by atoms with Crippen LogP contribution in [0.4, 0.5) is 14.9 Å². The van der Waals surface area contributed by atoms with Gasteiger partial charge in [0.1, 0.15) is 22.2 Å². The molecule has 1 fully saturated rings. The van der Waals surface area contributed by atoms with Crippen molar-refractivity contribution in [3.05, 3.63) is 29.6 Å². The predicted octanol–water partition coefficient (Wildman–Crippen LogP) is 1.16. The molecule has 2 heterocycles. The van der Waals surface area contributed by atoms with Gasteiger partial charge in [-0.2, -0.15) is 0 Å². The minimum absolute atomic E-state index is 0.00448. The largest absolute Gasteiger partial charge is 0.444 e. The molecule has 11 heteroatoms. The molecular weight excluding hydrogens is 391 g/mol. The quantitative estimate of drug-likeness (QED) is 0.665. The first-order valence-corrected chi connectivity index (χ1v) is 10.1. The van der Waals surface area contributed by atoms with Gasteiger partial charge in [-0.15, -0.1) is 0 Å². The highest BCUT2D eigenvalue weighted by Crippen LogP contribution is 2.44. The lowest BCUT2D eigenvalue weighted by molar-refractivity contribution is 0.0558. The van der Waals surface area contributed by atoms with Gasteiger partial charge in [0.15, 0.2) is 0 Å². The summed E-state index contributed by atoms with van der Waals surface area (Å²) in [6.07, 6.45) is -0.881. The molecule has 0 radical (unpaired) electrons. The molecular formula is C17H23FN4O5S. The van der Waals surface area contributed by atoms with E-state index in [1.807, 2.05) is 0 Å². The molecule has 1 aromatic rings. The van der Waals surface area contributed by atoms with Crippen LogP contribution < -0.4 is 11.1 Å². The van der Waals surface area contributed by atoms with E-state index >= 15 is 0 Å². The molecule has 1 amide bonds. The van der Waals surface area contributed by atoms with Crippen LogP contribution in [0.5, 0.6) is 0 Å². The van der Waals surface area contributed by atoms with Gasteiger partial charge in [-0.1, -0.05) is 0 Å². The number of amides is 1. The second-order valence-electron chi connectivity index (χ2n) is 7.74. The number of carbonyl (C=O) groups excluding carboxylic acids is 1. The number of nitrogens with one attached hydrogen (secondary N) is 1. The van der Waals surface area contributed by atoms with Crippen molar-refractivity contribution < 1.29 is 27.1 Å². The molecule has 0 unspecified atom stereocenters. The number of anilines is 1. The number of guanidine groups is 1.